The summed E-state index contributed by atoms with van der Waals surface area (Å²) in [6, 6.07) is 8.76. The van der Waals surface area contributed by atoms with Crippen LogP contribution in [-0.2, 0) is 23.7 Å². The van der Waals surface area contributed by atoms with Crippen LogP contribution in [0.5, 0.6) is 0 Å². The van der Waals surface area contributed by atoms with Crippen LogP contribution >= 0.6 is 0 Å². The molecular weight excluding hydrogens is 290 g/mol. The Hall–Kier alpha value is -1.51. The topological polar surface area (TPSA) is 86.2 Å². The molecule has 0 aliphatic carbocycles. The lowest BCUT2D eigenvalue weighted by Gasteiger charge is -2.47. The number of hydrogen-bond donors (Lipinski definition) is 2. The predicted octanol–water partition coefficient (Wildman–Crippen LogP) is -0.0526. The predicted molar refractivity (Wildman–Crippen MR) is 74.7 cm³/mol. The molecule has 2 N–H and O–H groups in total. The van der Waals surface area contributed by atoms with Crippen molar-refractivity contribution in [2.24, 2.45) is 0 Å². The van der Waals surface area contributed by atoms with Crippen LogP contribution in [0.3, 0.4) is 0 Å². The van der Waals surface area contributed by atoms with Crippen LogP contribution in [0.4, 0.5) is 0 Å². The Kier molecular flexibility index (Phi) is 4.70. The van der Waals surface area contributed by atoms with E-state index in [1.54, 1.807) is 0 Å². The second-order valence-electron chi connectivity index (χ2n) is 5.26. The molecule has 0 spiro atoms. The molecule has 7 nitrogen and oxygen atoms in total. The minimum absolute atomic E-state index is 0.273. The van der Waals surface area contributed by atoms with Crippen molar-refractivity contribution in [3.63, 3.8) is 0 Å². The van der Waals surface area contributed by atoms with Crippen molar-refractivity contribution in [2.45, 2.75) is 36.9 Å². The van der Waals surface area contributed by atoms with Crippen LogP contribution in [0.1, 0.15) is 11.9 Å². The molecule has 120 valence electrons. The van der Waals surface area contributed by atoms with E-state index in [2.05, 4.69) is 5.32 Å². The molecule has 7 heteroatoms. The maximum Gasteiger partial charge on any atom is 0.207 e. The molecule has 1 aromatic rings. The summed E-state index contributed by atoms with van der Waals surface area (Å²) >= 11 is 0. The quantitative estimate of drug-likeness (QED) is 0.758. The summed E-state index contributed by atoms with van der Waals surface area (Å²) in [5.41, 5.74) is 0.863. The molecule has 1 amide bonds. The van der Waals surface area contributed by atoms with Gasteiger partial charge in [0.15, 0.2) is 12.6 Å². The number of rotatable bonds is 4. The van der Waals surface area contributed by atoms with Gasteiger partial charge in [0.05, 0.1) is 6.61 Å². The smallest absolute Gasteiger partial charge is 0.207 e. The highest BCUT2D eigenvalue weighted by atomic mass is 16.7. The lowest BCUT2D eigenvalue weighted by atomic mass is 9.96. The van der Waals surface area contributed by atoms with Gasteiger partial charge in [0.2, 0.25) is 6.41 Å². The fourth-order valence-electron chi connectivity index (χ4n) is 2.83. The number of carbonyl (C=O) groups is 1. The normalized spacial score (nSPS) is 38.1. The van der Waals surface area contributed by atoms with Gasteiger partial charge in [0.1, 0.15) is 24.4 Å². The number of hydrogen-bond acceptors (Lipinski definition) is 6. The molecule has 2 aliphatic rings. The van der Waals surface area contributed by atoms with Crippen molar-refractivity contribution in [1.29, 1.82) is 0 Å². The van der Waals surface area contributed by atoms with E-state index in [4.69, 9.17) is 18.9 Å². The monoisotopic (exact) mass is 309 g/mol. The van der Waals surface area contributed by atoms with Gasteiger partial charge in [-0.1, -0.05) is 30.3 Å². The van der Waals surface area contributed by atoms with Gasteiger partial charge in [0, 0.05) is 12.7 Å². The Balaban J connectivity index is 1.76. The van der Waals surface area contributed by atoms with Crippen molar-refractivity contribution in [2.75, 3.05) is 13.7 Å². The van der Waals surface area contributed by atoms with Crippen LogP contribution < -0.4 is 5.32 Å². The van der Waals surface area contributed by atoms with E-state index in [0.717, 1.165) is 5.56 Å². The molecule has 0 saturated carbocycles. The number of ether oxygens (including phenoxy) is 4. The van der Waals surface area contributed by atoms with Gasteiger partial charge in [0.25, 0.3) is 0 Å². The van der Waals surface area contributed by atoms with Gasteiger partial charge >= 0.3 is 0 Å². The lowest BCUT2D eigenvalue weighted by Crippen LogP contribution is -2.65. The number of aliphatic hydroxyl groups is 1. The van der Waals surface area contributed by atoms with Crippen molar-refractivity contribution in [1.82, 2.24) is 5.32 Å². The molecule has 0 unspecified atom stereocenters. The maximum absolute atomic E-state index is 10.7. The van der Waals surface area contributed by atoms with Crippen LogP contribution in [0.25, 0.3) is 0 Å². The zero-order chi connectivity index (χ0) is 15.5. The Morgan fingerprint density at radius 3 is 2.77 bits per heavy atom. The number of amides is 1. The maximum atomic E-state index is 10.7. The van der Waals surface area contributed by atoms with Gasteiger partial charge in [-0.05, 0) is 0 Å². The minimum atomic E-state index is -0.955. The largest absolute Gasteiger partial charge is 0.388 e. The van der Waals surface area contributed by atoms with Crippen molar-refractivity contribution in [3.8, 4) is 0 Å². The second-order valence-corrected chi connectivity index (χ2v) is 5.26. The standard InChI is InChI=1S/C15H19NO6/c1-19-15-11(16-8-17)12(18)13-10(21-15)7-20-14(22-13)9-5-3-2-4-6-9/h2-6,8,10-15,18H,7H2,1H3,(H,16,17)/t10-,11+,12-,13+,14-,15-/m0/s1. The number of carbonyl (C=O) groups excluding carboxylic acids is 1. The van der Waals surface area contributed by atoms with Gasteiger partial charge in [-0.3, -0.25) is 4.79 Å². The summed E-state index contributed by atoms with van der Waals surface area (Å²) in [7, 11) is 1.45. The summed E-state index contributed by atoms with van der Waals surface area (Å²) in [5, 5.41) is 13.0. The van der Waals surface area contributed by atoms with E-state index in [-0.39, 0.29) is 6.61 Å². The average Bonchev–Trinajstić information content (AvgIpc) is 2.58. The van der Waals surface area contributed by atoms with E-state index in [1.807, 2.05) is 30.3 Å². The average molecular weight is 309 g/mol. The van der Waals surface area contributed by atoms with Gasteiger partial charge in [-0.2, -0.15) is 0 Å². The molecular formula is C15H19NO6. The number of methoxy groups -OCH3 is 1. The molecule has 2 heterocycles. The first kappa shape index (κ1) is 15.4. The summed E-state index contributed by atoms with van der Waals surface area (Å²) in [5.74, 6) is 0. The Labute approximate surface area is 128 Å². The molecule has 0 radical (unpaired) electrons. The van der Waals surface area contributed by atoms with Crippen LogP contribution in [-0.4, -0.2) is 55.9 Å². The van der Waals surface area contributed by atoms with E-state index in [1.165, 1.54) is 7.11 Å². The molecule has 3 rings (SSSR count). The lowest BCUT2D eigenvalue weighted by molar-refractivity contribution is -0.341. The molecule has 2 fully saturated rings. The molecule has 6 atom stereocenters. The molecule has 2 saturated heterocycles. The second kappa shape index (κ2) is 6.72. The minimum Gasteiger partial charge on any atom is -0.388 e. The third-order valence-electron chi connectivity index (χ3n) is 3.93. The molecule has 0 bridgehead atoms. The number of benzene rings is 1. The zero-order valence-corrected chi connectivity index (χ0v) is 12.1. The molecule has 22 heavy (non-hydrogen) atoms. The molecule has 1 aromatic carbocycles. The zero-order valence-electron chi connectivity index (χ0n) is 12.1. The van der Waals surface area contributed by atoms with Gasteiger partial charge in [-0.25, -0.2) is 0 Å². The van der Waals surface area contributed by atoms with Crippen LogP contribution in [0.2, 0.25) is 0 Å². The Morgan fingerprint density at radius 1 is 1.32 bits per heavy atom. The molecule has 0 aromatic heterocycles. The molecule has 2 aliphatic heterocycles. The van der Waals surface area contributed by atoms with Gasteiger partial charge in [-0.15, -0.1) is 0 Å². The summed E-state index contributed by atoms with van der Waals surface area (Å²) in [6.07, 6.45) is -2.83. The highest BCUT2D eigenvalue weighted by Gasteiger charge is 2.49. The first-order chi connectivity index (χ1) is 10.7. The third-order valence-corrected chi connectivity index (χ3v) is 3.93. The first-order valence-electron chi connectivity index (χ1n) is 7.12. The van der Waals surface area contributed by atoms with Crippen molar-refractivity contribution < 1.29 is 28.8 Å². The summed E-state index contributed by atoms with van der Waals surface area (Å²) < 4.78 is 22.4. The summed E-state index contributed by atoms with van der Waals surface area (Å²) in [4.78, 5) is 10.7. The van der Waals surface area contributed by atoms with E-state index >= 15 is 0 Å². The highest BCUT2D eigenvalue weighted by molar-refractivity contribution is 5.47. The van der Waals surface area contributed by atoms with Crippen molar-refractivity contribution in [3.05, 3.63) is 35.9 Å². The number of fused-ring (bicyclic) bond motifs is 1. The Morgan fingerprint density at radius 2 is 2.09 bits per heavy atom. The number of nitrogens with one attached hydrogen (secondary N) is 1. The third kappa shape index (κ3) is 2.86. The van der Waals surface area contributed by atoms with E-state index < -0.39 is 36.9 Å². The van der Waals surface area contributed by atoms with Crippen LogP contribution in [0.15, 0.2) is 30.3 Å². The fraction of sp³-hybridized carbons (Fsp3) is 0.533. The summed E-state index contributed by atoms with van der Waals surface area (Å²) in [6.45, 7) is 0.273. The van der Waals surface area contributed by atoms with E-state index in [9.17, 15) is 9.90 Å². The van der Waals surface area contributed by atoms with Crippen LogP contribution in [0, 0.1) is 0 Å². The van der Waals surface area contributed by atoms with Gasteiger partial charge < -0.3 is 29.4 Å². The van der Waals surface area contributed by atoms with E-state index in [0.29, 0.717) is 6.41 Å². The fourth-order valence-corrected chi connectivity index (χ4v) is 2.83. The number of aliphatic hydroxyl groups excluding tert-OH is 1. The Bertz CT molecular complexity index is 498. The first-order valence-corrected chi connectivity index (χ1v) is 7.12. The van der Waals surface area contributed by atoms with Crippen molar-refractivity contribution >= 4 is 6.41 Å². The SMILES string of the molecule is CO[C@H]1O[C@H]2CO[C@H](c3ccccc3)O[C@H]2[C@@H](O)[C@H]1NC=O. The highest BCUT2D eigenvalue weighted by Crippen LogP contribution is 2.34.